The maximum atomic E-state index is 5.40. The Hall–Kier alpha value is -1.74. The first-order chi connectivity index (χ1) is 8.84. The van der Waals surface area contributed by atoms with Gasteiger partial charge in [-0.25, -0.2) is 0 Å². The van der Waals surface area contributed by atoms with Gasteiger partial charge in [-0.3, -0.25) is 0 Å². The molecule has 0 spiro atoms. The summed E-state index contributed by atoms with van der Waals surface area (Å²) in [7, 11) is 0. The first-order valence-corrected chi connectivity index (χ1v) is 6.41. The summed E-state index contributed by atoms with van der Waals surface area (Å²) in [6, 6.07) is 10.7. The highest BCUT2D eigenvalue weighted by Crippen LogP contribution is 2.23. The lowest BCUT2D eigenvalue weighted by Gasteiger charge is -2.30. The Morgan fingerprint density at radius 1 is 1.06 bits per heavy atom. The summed E-state index contributed by atoms with van der Waals surface area (Å²) in [4.78, 5) is 2.40. The summed E-state index contributed by atoms with van der Waals surface area (Å²) in [6.07, 6.45) is 4.15. The first-order valence-electron chi connectivity index (χ1n) is 6.41. The van der Waals surface area contributed by atoms with E-state index in [0.717, 1.165) is 26.3 Å². The van der Waals surface area contributed by atoms with E-state index >= 15 is 0 Å². The lowest BCUT2D eigenvalue weighted by molar-refractivity contribution is 0.122. The molecule has 1 aliphatic heterocycles. The molecule has 3 rings (SSSR count). The predicted molar refractivity (Wildman–Crippen MR) is 73.5 cm³/mol. The molecule has 2 heterocycles. The summed E-state index contributed by atoms with van der Waals surface area (Å²) in [5, 5.41) is 0. The number of benzene rings is 1. The van der Waals surface area contributed by atoms with Crippen LogP contribution in [0.2, 0.25) is 0 Å². The Labute approximate surface area is 108 Å². The summed E-state index contributed by atoms with van der Waals surface area (Å²) in [5.41, 5.74) is 3.87. The van der Waals surface area contributed by atoms with E-state index in [-0.39, 0.29) is 0 Å². The standard InChI is InChI=1S/C15H18N2O/c1-13-12-14(16-6-2-3-7-16)4-5-15(13)17-8-10-18-11-9-17/h2-7,12H,8-11H2,1H3. The molecule has 0 saturated carbocycles. The van der Waals surface area contributed by atoms with Crippen molar-refractivity contribution in [3.8, 4) is 5.69 Å². The Bertz CT molecular complexity index is 513. The molecular weight excluding hydrogens is 224 g/mol. The molecule has 1 saturated heterocycles. The summed E-state index contributed by atoms with van der Waals surface area (Å²) < 4.78 is 7.53. The zero-order valence-electron chi connectivity index (χ0n) is 10.7. The molecule has 0 radical (unpaired) electrons. The van der Waals surface area contributed by atoms with Gasteiger partial charge in [0.1, 0.15) is 0 Å². The zero-order valence-corrected chi connectivity index (χ0v) is 10.7. The van der Waals surface area contributed by atoms with Gasteiger partial charge < -0.3 is 14.2 Å². The highest BCUT2D eigenvalue weighted by Gasteiger charge is 2.13. The van der Waals surface area contributed by atoms with Gasteiger partial charge in [0.25, 0.3) is 0 Å². The number of hydrogen-bond acceptors (Lipinski definition) is 2. The molecule has 94 valence electrons. The average Bonchev–Trinajstić information content (AvgIpc) is 2.93. The molecule has 1 aromatic carbocycles. The van der Waals surface area contributed by atoms with Crippen LogP contribution in [0.3, 0.4) is 0 Å². The van der Waals surface area contributed by atoms with Gasteiger partial charge in [-0.05, 0) is 42.8 Å². The van der Waals surface area contributed by atoms with E-state index in [4.69, 9.17) is 4.74 Å². The van der Waals surface area contributed by atoms with Crippen molar-refractivity contribution in [3.63, 3.8) is 0 Å². The predicted octanol–water partition coefficient (Wildman–Crippen LogP) is 2.62. The maximum Gasteiger partial charge on any atom is 0.0642 e. The minimum Gasteiger partial charge on any atom is -0.378 e. The molecule has 2 aromatic rings. The number of aromatic nitrogens is 1. The minimum atomic E-state index is 0.832. The lowest BCUT2D eigenvalue weighted by atomic mass is 10.1. The number of ether oxygens (including phenoxy) is 1. The van der Waals surface area contributed by atoms with Gasteiger partial charge >= 0.3 is 0 Å². The smallest absolute Gasteiger partial charge is 0.0642 e. The van der Waals surface area contributed by atoms with Crippen LogP contribution in [0.5, 0.6) is 0 Å². The van der Waals surface area contributed by atoms with E-state index in [0.29, 0.717) is 0 Å². The molecule has 18 heavy (non-hydrogen) atoms. The van der Waals surface area contributed by atoms with Crippen molar-refractivity contribution < 1.29 is 4.74 Å². The molecule has 0 atom stereocenters. The highest BCUT2D eigenvalue weighted by molar-refractivity contribution is 5.57. The quantitative estimate of drug-likeness (QED) is 0.805. The first kappa shape index (κ1) is 11.4. The molecule has 1 aromatic heterocycles. The molecule has 1 aliphatic rings. The molecule has 0 bridgehead atoms. The molecule has 3 nitrogen and oxygen atoms in total. The van der Waals surface area contributed by atoms with E-state index in [2.05, 4.69) is 47.0 Å². The van der Waals surface area contributed by atoms with Gasteiger partial charge in [-0.1, -0.05) is 0 Å². The van der Waals surface area contributed by atoms with Crippen LogP contribution >= 0.6 is 0 Å². The van der Waals surface area contributed by atoms with E-state index in [1.165, 1.54) is 16.9 Å². The van der Waals surface area contributed by atoms with Crippen molar-refractivity contribution in [2.75, 3.05) is 31.2 Å². The van der Waals surface area contributed by atoms with Gasteiger partial charge in [0.15, 0.2) is 0 Å². The van der Waals surface area contributed by atoms with Crippen LogP contribution in [0.4, 0.5) is 5.69 Å². The van der Waals surface area contributed by atoms with Crippen LogP contribution in [0.1, 0.15) is 5.56 Å². The zero-order chi connectivity index (χ0) is 12.4. The van der Waals surface area contributed by atoms with Gasteiger partial charge in [0.2, 0.25) is 0 Å². The number of hydrogen-bond donors (Lipinski definition) is 0. The van der Waals surface area contributed by atoms with Gasteiger partial charge in [0.05, 0.1) is 13.2 Å². The van der Waals surface area contributed by atoms with Crippen LogP contribution in [-0.2, 0) is 4.74 Å². The number of aryl methyl sites for hydroxylation is 1. The number of rotatable bonds is 2. The molecule has 1 fully saturated rings. The van der Waals surface area contributed by atoms with E-state index in [1.807, 2.05) is 12.1 Å². The lowest BCUT2D eigenvalue weighted by Crippen LogP contribution is -2.36. The summed E-state index contributed by atoms with van der Waals surface area (Å²) >= 11 is 0. The van der Waals surface area contributed by atoms with Crippen LogP contribution in [0.25, 0.3) is 5.69 Å². The number of morpholine rings is 1. The second kappa shape index (κ2) is 4.86. The molecule has 3 heteroatoms. The van der Waals surface area contributed by atoms with Crippen molar-refractivity contribution in [2.24, 2.45) is 0 Å². The third kappa shape index (κ3) is 2.14. The molecule has 0 unspecified atom stereocenters. The maximum absolute atomic E-state index is 5.40. The van der Waals surface area contributed by atoms with Crippen LogP contribution in [0, 0.1) is 6.92 Å². The molecule has 0 aliphatic carbocycles. The SMILES string of the molecule is Cc1cc(-n2cccc2)ccc1N1CCOCC1. The van der Waals surface area contributed by atoms with Crippen molar-refractivity contribution in [1.82, 2.24) is 4.57 Å². The normalized spacial score (nSPS) is 15.9. The van der Waals surface area contributed by atoms with Crippen LogP contribution in [0.15, 0.2) is 42.7 Å². The summed E-state index contributed by atoms with van der Waals surface area (Å²) in [6.45, 7) is 5.82. The van der Waals surface area contributed by atoms with E-state index in [9.17, 15) is 0 Å². The fraction of sp³-hybridized carbons (Fsp3) is 0.333. The number of nitrogens with zero attached hydrogens (tertiary/aromatic N) is 2. The third-order valence-corrected chi connectivity index (χ3v) is 3.43. The van der Waals surface area contributed by atoms with Gasteiger partial charge in [0, 0.05) is 36.9 Å². The van der Waals surface area contributed by atoms with E-state index in [1.54, 1.807) is 0 Å². The fourth-order valence-corrected chi connectivity index (χ4v) is 2.47. The average molecular weight is 242 g/mol. The monoisotopic (exact) mass is 242 g/mol. The van der Waals surface area contributed by atoms with Crippen molar-refractivity contribution in [2.45, 2.75) is 6.92 Å². The van der Waals surface area contributed by atoms with Crippen LogP contribution in [-0.4, -0.2) is 30.9 Å². The minimum absolute atomic E-state index is 0.832. The Morgan fingerprint density at radius 3 is 2.44 bits per heavy atom. The van der Waals surface area contributed by atoms with Gasteiger partial charge in [-0.2, -0.15) is 0 Å². The molecule has 0 amide bonds. The largest absolute Gasteiger partial charge is 0.378 e. The third-order valence-electron chi connectivity index (χ3n) is 3.43. The fourth-order valence-electron chi connectivity index (χ4n) is 2.47. The van der Waals surface area contributed by atoms with Crippen LogP contribution < -0.4 is 4.90 Å². The van der Waals surface area contributed by atoms with E-state index < -0.39 is 0 Å². The second-order valence-electron chi connectivity index (χ2n) is 4.66. The van der Waals surface area contributed by atoms with Crippen molar-refractivity contribution >= 4 is 5.69 Å². The van der Waals surface area contributed by atoms with Gasteiger partial charge in [-0.15, -0.1) is 0 Å². The topological polar surface area (TPSA) is 17.4 Å². The highest BCUT2D eigenvalue weighted by atomic mass is 16.5. The Morgan fingerprint density at radius 2 is 1.78 bits per heavy atom. The molecule has 0 N–H and O–H groups in total. The van der Waals surface area contributed by atoms with Crippen molar-refractivity contribution in [3.05, 3.63) is 48.3 Å². The number of anilines is 1. The van der Waals surface area contributed by atoms with Crippen molar-refractivity contribution in [1.29, 1.82) is 0 Å². The molecular formula is C15H18N2O. The summed E-state index contributed by atoms with van der Waals surface area (Å²) in [5.74, 6) is 0. The Balaban J connectivity index is 1.89. The second-order valence-corrected chi connectivity index (χ2v) is 4.66. The Kier molecular flexibility index (Phi) is 3.07.